The summed E-state index contributed by atoms with van der Waals surface area (Å²) in [5.74, 6) is 0. The van der Waals surface area contributed by atoms with Gasteiger partial charge in [0.25, 0.3) is 0 Å². The Bertz CT molecular complexity index is 150. The van der Waals surface area contributed by atoms with Gasteiger partial charge in [-0.05, 0) is 0 Å². The van der Waals surface area contributed by atoms with Gasteiger partial charge in [-0.3, -0.25) is 0 Å². The van der Waals surface area contributed by atoms with Crippen LogP contribution in [0.25, 0.3) is 0 Å². The summed E-state index contributed by atoms with van der Waals surface area (Å²) in [6.07, 6.45) is -4.60. The van der Waals surface area contributed by atoms with Crippen LogP contribution in [0.4, 0.5) is 0 Å². The molecule has 0 radical (unpaired) electrons. The van der Waals surface area contributed by atoms with Crippen LogP contribution < -0.4 is 0 Å². The smallest absolute Gasteiger partial charge is 0.169 e. The molecule has 0 unspecified atom stereocenters. The fourth-order valence-corrected chi connectivity index (χ4v) is 1.33. The molecule has 6 heteroatoms. The summed E-state index contributed by atoms with van der Waals surface area (Å²) in [5, 5.41) is 35.4. The first kappa shape index (κ1) is 10.2. The van der Waals surface area contributed by atoms with Gasteiger partial charge < -0.3 is 25.2 Å². The highest BCUT2D eigenvalue weighted by Crippen LogP contribution is 2.22. The van der Waals surface area contributed by atoms with Crippen LogP contribution in [0.15, 0.2) is 0 Å². The second-order valence-electron chi connectivity index (χ2n) is 2.72. The van der Waals surface area contributed by atoms with E-state index in [1.807, 2.05) is 0 Å². The number of ether oxygens (including phenoxy) is 1. The maximum Gasteiger partial charge on any atom is 0.169 e. The van der Waals surface area contributed by atoms with Crippen LogP contribution in [0, 0.1) is 0 Å². The molecule has 0 aromatic rings. The minimum atomic E-state index is -1.26. The van der Waals surface area contributed by atoms with Crippen LogP contribution in [0.1, 0.15) is 0 Å². The molecule has 0 aromatic carbocycles. The Morgan fingerprint density at radius 1 is 1.17 bits per heavy atom. The Hall–Kier alpha value is 0.150. The van der Waals surface area contributed by atoms with Gasteiger partial charge in [-0.1, -0.05) is 0 Å². The molecule has 1 aliphatic rings. The standard InChI is InChI=1S/C6H12O5S/c7-1-2-3(8)4(9)5(12)6(10)11-2/h2-10,12H,1H2/t2-,3+,4+,5+,6+/m0/s1. The van der Waals surface area contributed by atoms with E-state index in [1.165, 1.54) is 0 Å². The van der Waals surface area contributed by atoms with E-state index in [0.29, 0.717) is 0 Å². The monoisotopic (exact) mass is 196 g/mol. The predicted octanol–water partition coefficient (Wildman–Crippen LogP) is -2.28. The fourth-order valence-electron chi connectivity index (χ4n) is 1.08. The summed E-state index contributed by atoms with van der Waals surface area (Å²) >= 11 is 3.82. The maximum atomic E-state index is 9.24. The summed E-state index contributed by atoms with van der Waals surface area (Å²) in [5.41, 5.74) is 0. The molecule has 0 aromatic heterocycles. The van der Waals surface area contributed by atoms with Crippen molar-refractivity contribution in [3.8, 4) is 0 Å². The van der Waals surface area contributed by atoms with Gasteiger partial charge in [0, 0.05) is 0 Å². The zero-order valence-electron chi connectivity index (χ0n) is 6.24. The number of aliphatic hydroxyl groups is 4. The molecule has 1 rings (SSSR count). The summed E-state index contributed by atoms with van der Waals surface area (Å²) in [6.45, 7) is -0.449. The molecule has 72 valence electrons. The molecule has 0 spiro atoms. The highest BCUT2D eigenvalue weighted by molar-refractivity contribution is 7.81. The first-order valence-electron chi connectivity index (χ1n) is 3.56. The van der Waals surface area contributed by atoms with E-state index in [9.17, 15) is 10.2 Å². The molecule has 1 fully saturated rings. The lowest BCUT2D eigenvalue weighted by atomic mass is 10.0. The number of hydrogen-bond acceptors (Lipinski definition) is 6. The maximum absolute atomic E-state index is 9.24. The molecule has 0 aliphatic carbocycles. The second kappa shape index (κ2) is 3.91. The average Bonchev–Trinajstić information content (AvgIpc) is 2.08. The predicted molar refractivity (Wildman–Crippen MR) is 42.8 cm³/mol. The van der Waals surface area contributed by atoms with Crippen LogP contribution in [0.3, 0.4) is 0 Å². The zero-order valence-corrected chi connectivity index (χ0v) is 7.13. The molecule has 0 saturated carbocycles. The Morgan fingerprint density at radius 2 is 1.75 bits per heavy atom. The Balaban J connectivity index is 2.63. The molecule has 5 nitrogen and oxygen atoms in total. The topological polar surface area (TPSA) is 90.2 Å². The van der Waals surface area contributed by atoms with Gasteiger partial charge in [0.15, 0.2) is 6.29 Å². The average molecular weight is 196 g/mol. The van der Waals surface area contributed by atoms with Gasteiger partial charge in [-0.15, -0.1) is 0 Å². The lowest BCUT2D eigenvalue weighted by Crippen LogP contribution is -2.56. The van der Waals surface area contributed by atoms with E-state index in [-0.39, 0.29) is 0 Å². The number of aliphatic hydroxyl groups excluding tert-OH is 4. The third kappa shape index (κ3) is 1.73. The molecular weight excluding hydrogens is 184 g/mol. The van der Waals surface area contributed by atoms with Crippen LogP contribution in [0.2, 0.25) is 0 Å². The zero-order chi connectivity index (χ0) is 9.30. The van der Waals surface area contributed by atoms with E-state index in [1.54, 1.807) is 0 Å². The first-order valence-corrected chi connectivity index (χ1v) is 4.08. The minimum absolute atomic E-state index is 0.449. The Labute approximate surface area is 75.0 Å². The largest absolute Gasteiger partial charge is 0.394 e. The first-order chi connectivity index (χ1) is 5.57. The fraction of sp³-hybridized carbons (Fsp3) is 1.00. The van der Waals surface area contributed by atoms with Crippen LogP contribution in [-0.2, 0) is 4.74 Å². The molecule has 1 saturated heterocycles. The molecule has 1 heterocycles. The van der Waals surface area contributed by atoms with Gasteiger partial charge in [0.05, 0.1) is 18.0 Å². The van der Waals surface area contributed by atoms with Crippen molar-refractivity contribution in [3.05, 3.63) is 0 Å². The molecule has 4 N–H and O–H groups in total. The van der Waals surface area contributed by atoms with Crippen molar-refractivity contribution in [2.24, 2.45) is 0 Å². The lowest BCUT2D eigenvalue weighted by Gasteiger charge is -2.37. The minimum Gasteiger partial charge on any atom is -0.394 e. The Morgan fingerprint density at radius 3 is 2.25 bits per heavy atom. The van der Waals surface area contributed by atoms with Crippen molar-refractivity contribution in [2.75, 3.05) is 6.61 Å². The van der Waals surface area contributed by atoms with Crippen LogP contribution >= 0.6 is 12.6 Å². The normalized spacial score (nSPS) is 49.2. The van der Waals surface area contributed by atoms with E-state index in [4.69, 9.17) is 14.9 Å². The summed E-state index contributed by atoms with van der Waals surface area (Å²) < 4.78 is 4.75. The van der Waals surface area contributed by atoms with E-state index in [0.717, 1.165) is 0 Å². The van der Waals surface area contributed by atoms with Gasteiger partial charge >= 0.3 is 0 Å². The number of hydrogen-bond donors (Lipinski definition) is 5. The van der Waals surface area contributed by atoms with Crippen molar-refractivity contribution in [3.63, 3.8) is 0 Å². The third-order valence-corrected chi connectivity index (χ3v) is 2.43. The van der Waals surface area contributed by atoms with E-state index < -0.39 is 36.5 Å². The van der Waals surface area contributed by atoms with Gasteiger partial charge in [-0.25, -0.2) is 0 Å². The van der Waals surface area contributed by atoms with Crippen molar-refractivity contribution < 1.29 is 25.2 Å². The van der Waals surface area contributed by atoms with Crippen LogP contribution in [-0.4, -0.2) is 56.9 Å². The summed E-state index contributed by atoms with van der Waals surface area (Å²) in [4.78, 5) is 0. The number of thiol groups is 1. The second-order valence-corrected chi connectivity index (χ2v) is 3.32. The highest BCUT2D eigenvalue weighted by atomic mass is 32.1. The molecule has 5 atom stereocenters. The highest BCUT2D eigenvalue weighted by Gasteiger charge is 2.41. The van der Waals surface area contributed by atoms with Crippen LogP contribution in [0.5, 0.6) is 0 Å². The van der Waals surface area contributed by atoms with Gasteiger partial charge in [0.1, 0.15) is 12.2 Å². The number of rotatable bonds is 1. The van der Waals surface area contributed by atoms with E-state index in [2.05, 4.69) is 12.6 Å². The van der Waals surface area contributed by atoms with Crippen molar-refractivity contribution in [2.45, 2.75) is 29.9 Å². The third-order valence-electron chi connectivity index (χ3n) is 1.87. The summed E-state index contributed by atoms with van der Waals surface area (Å²) in [6, 6.07) is 0. The molecule has 12 heavy (non-hydrogen) atoms. The van der Waals surface area contributed by atoms with Gasteiger partial charge in [-0.2, -0.15) is 12.6 Å². The molecular formula is C6H12O5S. The quantitative estimate of drug-likeness (QED) is 0.305. The SMILES string of the molecule is OC[C@@H]1O[C@@H](O)[C@H](S)[C@H](O)[C@@H]1O. The van der Waals surface area contributed by atoms with Gasteiger partial charge in [0.2, 0.25) is 0 Å². The van der Waals surface area contributed by atoms with Crippen molar-refractivity contribution in [1.29, 1.82) is 0 Å². The lowest BCUT2D eigenvalue weighted by molar-refractivity contribution is -0.234. The molecule has 1 aliphatic heterocycles. The summed E-state index contributed by atoms with van der Waals surface area (Å²) in [7, 11) is 0. The molecule has 0 amide bonds. The van der Waals surface area contributed by atoms with E-state index >= 15 is 0 Å². The molecule has 0 bridgehead atoms. The van der Waals surface area contributed by atoms with Crippen molar-refractivity contribution in [1.82, 2.24) is 0 Å². The Kier molecular flexibility index (Phi) is 3.33. The van der Waals surface area contributed by atoms with Crippen molar-refractivity contribution >= 4 is 12.6 Å².